The van der Waals surface area contributed by atoms with Crippen molar-refractivity contribution in [3.05, 3.63) is 108 Å². The second-order valence-corrected chi connectivity index (χ2v) is 15.5. The molecule has 1 aliphatic rings. The van der Waals surface area contributed by atoms with E-state index >= 15 is 0 Å². The quantitative estimate of drug-likeness (QED) is 0.238. The van der Waals surface area contributed by atoms with E-state index < -0.39 is 14.4 Å². The Kier molecular flexibility index (Phi) is 9.20. The van der Waals surface area contributed by atoms with E-state index in [1.54, 1.807) is 0 Å². The summed E-state index contributed by atoms with van der Waals surface area (Å²) in [6.45, 7) is 9.49. The van der Waals surface area contributed by atoms with Crippen LogP contribution in [-0.2, 0) is 20.4 Å². The molecule has 1 fully saturated rings. The van der Waals surface area contributed by atoms with Crippen molar-refractivity contribution < 1.29 is 18.8 Å². The van der Waals surface area contributed by atoms with Crippen molar-refractivity contribution in [2.75, 3.05) is 13.2 Å². The van der Waals surface area contributed by atoms with Crippen LogP contribution >= 0.6 is 0 Å². The fraction of sp³-hybridized carbons (Fsp3) is 0.333. The van der Waals surface area contributed by atoms with Gasteiger partial charge in [-0.2, -0.15) is 0 Å². The summed E-state index contributed by atoms with van der Waals surface area (Å²) in [5.41, 5.74) is 2.14. The van der Waals surface area contributed by atoms with Gasteiger partial charge >= 0.3 is 6.09 Å². The average molecular weight is 542 g/mol. The normalized spacial score (nSPS) is 16.3. The summed E-state index contributed by atoms with van der Waals surface area (Å²) in [5, 5.41) is 2.38. The first-order valence-corrected chi connectivity index (χ1v) is 15.6. The molecule has 0 radical (unpaired) electrons. The topological polar surface area (TPSA) is 55.8 Å². The molecule has 0 spiro atoms. The van der Waals surface area contributed by atoms with Crippen LogP contribution in [0.5, 0.6) is 0 Å². The van der Waals surface area contributed by atoms with Crippen LogP contribution in [-0.4, -0.2) is 44.5 Å². The first-order valence-electron chi connectivity index (χ1n) is 13.7. The van der Waals surface area contributed by atoms with Crippen molar-refractivity contribution >= 4 is 30.7 Å². The third-order valence-corrected chi connectivity index (χ3v) is 12.4. The lowest BCUT2D eigenvalue weighted by Crippen LogP contribution is -2.66. The monoisotopic (exact) mass is 541 g/mol. The number of amides is 2. The van der Waals surface area contributed by atoms with Crippen molar-refractivity contribution in [2.24, 2.45) is 0 Å². The van der Waals surface area contributed by atoms with Crippen LogP contribution in [0.3, 0.4) is 0 Å². The Morgan fingerprint density at radius 2 is 1.46 bits per heavy atom. The maximum absolute atomic E-state index is 13.1. The van der Waals surface area contributed by atoms with Crippen LogP contribution < -0.4 is 10.4 Å². The van der Waals surface area contributed by atoms with Crippen LogP contribution in [0.4, 0.5) is 4.79 Å². The number of hydrogen-bond donors (Lipinski definition) is 0. The minimum Gasteiger partial charge on any atom is -0.447 e. The lowest BCUT2D eigenvalue weighted by Gasteiger charge is -2.42. The fourth-order valence-electron chi connectivity index (χ4n) is 5.40. The van der Waals surface area contributed by atoms with E-state index in [1.807, 2.05) is 49.4 Å². The number of imide groups is 1. The van der Waals surface area contributed by atoms with Gasteiger partial charge in [0.1, 0.15) is 6.61 Å². The SMILES string of the molecule is C/C(=C\CO[Si](c1ccccc1)(c1ccccc1)C(C)(C)C)CCC(=O)N1C(=O)OC[C@@H]1Cc1ccccc1. The van der Waals surface area contributed by atoms with Gasteiger partial charge in [-0.05, 0) is 40.7 Å². The summed E-state index contributed by atoms with van der Waals surface area (Å²) >= 11 is 0. The summed E-state index contributed by atoms with van der Waals surface area (Å²) in [5.74, 6) is -0.195. The van der Waals surface area contributed by atoms with Crippen molar-refractivity contribution in [1.29, 1.82) is 0 Å². The Balaban J connectivity index is 1.44. The highest BCUT2D eigenvalue weighted by atomic mass is 28.4. The van der Waals surface area contributed by atoms with Gasteiger partial charge in [0.15, 0.2) is 0 Å². The molecule has 0 saturated carbocycles. The largest absolute Gasteiger partial charge is 0.447 e. The van der Waals surface area contributed by atoms with Gasteiger partial charge in [0.25, 0.3) is 8.32 Å². The number of cyclic esters (lactones) is 1. The summed E-state index contributed by atoms with van der Waals surface area (Å²) in [6, 6.07) is 30.7. The van der Waals surface area contributed by atoms with Gasteiger partial charge in [-0.25, -0.2) is 9.69 Å². The number of hydrogen-bond acceptors (Lipinski definition) is 4. The molecule has 0 bridgehead atoms. The minimum absolute atomic E-state index is 0.0999. The van der Waals surface area contributed by atoms with Crippen LogP contribution in [0.25, 0.3) is 0 Å². The van der Waals surface area contributed by atoms with Gasteiger partial charge in [0, 0.05) is 6.42 Å². The molecule has 2 amide bonds. The molecule has 0 N–H and O–H groups in total. The zero-order chi connectivity index (χ0) is 27.9. The molecule has 39 heavy (non-hydrogen) atoms. The molecule has 3 aromatic rings. The number of rotatable bonds is 10. The zero-order valence-electron chi connectivity index (χ0n) is 23.4. The highest BCUT2D eigenvalue weighted by molar-refractivity contribution is 6.99. The highest BCUT2D eigenvalue weighted by Gasteiger charge is 2.49. The molecular weight excluding hydrogens is 502 g/mol. The van der Waals surface area contributed by atoms with E-state index in [9.17, 15) is 9.59 Å². The first kappa shape index (κ1) is 28.5. The Bertz CT molecular complexity index is 1230. The van der Waals surface area contributed by atoms with E-state index in [4.69, 9.17) is 9.16 Å². The van der Waals surface area contributed by atoms with Crippen molar-refractivity contribution in [2.45, 2.75) is 58.0 Å². The molecule has 5 nitrogen and oxygen atoms in total. The van der Waals surface area contributed by atoms with Gasteiger partial charge < -0.3 is 9.16 Å². The predicted octanol–water partition coefficient (Wildman–Crippen LogP) is 5.88. The maximum atomic E-state index is 13.1. The van der Waals surface area contributed by atoms with Gasteiger partial charge in [0.2, 0.25) is 5.91 Å². The molecule has 0 aromatic heterocycles. The van der Waals surface area contributed by atoms with Crippen molar-refractivity contribution in [3.8, 4) is 0 Å². The summed E-state index contributed by atoms with van der Waals surface area (Å²) < 4.78 is 12.2. The lowest BCUT2D eigenvalue weighted by atomic mass is 10.1. The number of nitrogens with zero attached hydrogens (tertiary/aromatic N) is 1. The zero-order valence-corrected chi connectivity index (χ0v) is 24.4. The predicted molar refractivity (Wildman–Crippen MR) is 159 cm³/mol. The van der Waals surface area contributed by atoms with E-state index in [0.717, 1.165) is 11.1 Å². The van der Waals surface area contributed by atoms with Gasteiger partial charge in [-0.3, -0.25) is 4.79 Å². The molecule has 1 heterocycles. The molecule has 0 aliphatic carbocycles. The maximum Gasteiger partial charge on any atom is 0.416 e. The molecule has 1 atom stereocenters. The first-order chi connectivity index (χ1) is 18.7. The number of benzene rings is 3. The molecule has 1 aliphatic heterocycles. The van der Waals surface area contributed by atoms with Crippen molar-refractivity contribution in [1.82, 2.24) is 4.90 Å². The van der Waals surface area contributed by atoms with Gasteiger partial charge in [-0.1, -0.05) is 123 Å². The second kappa shape index (κ2) is 12.6. The van der Waals surface area contributed by atoms with Gasteiger partial charge in [-0.15, -0.1) is 0 Å². The Labute approximate surface area is 233 Å². The van der Waals surface area contributed by atoms with E-state index in [-0.39, 0.29) is 30.0 Å². The van der Waals surface area contributed by atoms with Crippen LogP contribution in [0.1, 0.15) is 46.1 Å². The molecule has 204 valence electrons. The Hall–Kier alpha value is -3.48. The second-order valence-electron chi connectivity index (χ2n) is 11.2. The molecule has 3 aromatic carbocycles. The number of carbonyl (C=O) groups is 2. The fourth-order valence-corrected chi connectivity index (χ4v) is 9.89. The number of ether oxygens (including phenoxy) is 1. The standard InChI is InChI=1S/C33H39NO4Si/c1-26(20-21-31(35)34-28(25-37-32(34)36)24-27-14-8-5-9-15-27)22-23-38-39(33(2,3)4,29-16-10-6-11-17-29)30-18-12-7-13-19-30/h5-19,22,28H,20-21,23-25H2,1-4H3/b26-22+/t28-/m0/s1. The van der Waals surface area contributed by atoms with Crippen LogP contribution in [0.15, 0.2) is 103 Å². The number of allylic oxidation sites excluding steroid dienone is 1. The number of carbonyl (C=O) groups excluding carboxylic acids is 2. The van der Waals surface area contributed by atoms with Crippen LogP contribution in [0.2, 0.25) is 5.04 Å². The minimum atomic E-state index is -2.62. The highest BCUT2D eigenvalue weighted by Crippen LogP contribution is 2.36. The Morgan fingerprint density at radius 1 is 0.923 bits per heavy atom. The summed E-state index contributed by atoms with van der Waals surface area (Å²) in [4.78, 5) is 26.7. The Morgan fingerprint density at radius 3 is 2.00 bits per heavy atom. The third kappa shape index (κ3) is 6.57. The summed E-state index contributed by atoms with van der Waals surface area (Å²) in [7, 11) is -2.62. The average Bonchev–Trinajstić information content (AvgIpc) is 3.30. The van der Waals surface area contributed by atoms with E-state index in [0.29, 0.717) is 19.4 Å². The van der Waals surface area contributed by atoms with Crippen LogP contribution in [0, 0.1) is 0 Å². The lowest BCUT2D eigenvalue weighted by molar-refractivity contribution is -0.129. The van der Waals surface area contributed by atoms with Crippen molar-refractivity contribution in [3.63, 3.8) is 0 Å². The molecular formula is C33H39NO4Si. The molecule has 6 heteroatoms. The van der Waals surface area contributed by atoms with Gasteiger partial charge in [0.05, 0.1) is 12.6 Å². The third-order valence-electron chi connectivity index (χ3n) is 7.43. The van der Waals surface area contributed by atoms with E-state index in [2.05, 4.69) is 75.4 Å². The molecule has 1 saturated heterocycles. The molecule has 4 rings (SSSR count). The molecule has 0 unspecified atom stereocenters. The smallest absolute Gasteiger partial charge is 0.416 e. The summed E-state index contributed by atoms with van der Waals surface area (Å²) in [6.07, 6.45) is 2.94. The van der Waals surface area contributed by atoms with E-state index in [1.165, 1.54) is 15.3 Å².